The summed E-state index contributed by atoms with van der Waals surface area (Å²) < 4.78 is 4.99. The van der Waals surface area contributed by atoms with Crippen LogP contribution in [0.4, 0.5) is 5.69 Å². The first kappa shape index (κ1) is 16.3. The molecule has 0 atom stereocenters. The van der Waals surface area contributed by atoms with Crippen LogP contribution in [0.25, 0.3) is 6.08 Å². The van der Waals surface area contributed by atoms with Crippen molar-refractivity contribution in [2.45, 2.75) is 6.92 Å². The number of rotatable bonds is 5. The second kappa shape index (κ2) is 7.79. The minimum Gasteiger partial charge on any atom is -0.461 e. The molecule has 2 rings (SSSR count). The highest BCUT2D eigenvalue weighted by Gasteiger charge is 2.15. The molecule has 0 radical (unpaired) electrons. The molecule has 0 spiro atoms. The Labute approximate surface area is 134 Å². The van der Waals surface area contributed by atoms with Gasteiger partial charge in [-0.15, -0.1) is 0 Å². The Kier molecular flexibility index (Phi) is 5.52. The lowest BCUT2D eigenvalue weighted by Gasteiger charge is -2.10. The summed E-state index contributed by atoms with van der Waals surface area (Å²) in [6, 6.07) is 15.7. The number of anilines is 1. The SMILES string of the molecule is CCOC(=O)/C(=C\c1ccccc1N)NC(=O)c1ccccc1. The molecule has 0 saturated carbocycles. The van der Waals surface area contributed by atoms with E-state index in [4.69, 9.17) is 10.5 Å². The third-order valence-corrected chi connectivity index (χ3v) is 3.08. The Hall–Kier alpha value is -3.08. The number of carbonyl (C=O) groups is 2. The molecule has 0 aliphatic heterocycles. The summed E-state index contributed by atoms with van der Waals surface area (Å²) in [6.45, 7) is 1.91. The molecule has 0 aromatic heterocycles. The van der Waals surface area contributed by atoms with Gasteiger partial charge in [0.25, 0.3) is 5.91 Å². The maximum atomic E-state index is 12.2. The van der Waals surface area contributed by atoms with Crippen LogP contribution in [-0.2, 0) is 9.53 Å². The molecule has 23 heavy (non-hydrogen) atoms. The molecule has 0 aliphatic carbocycles. The number of carbonyl (C=O) groups excluding carboxylic acids is 2. The minimum atomic E-state index is -0.611. The van der Waals surface area contributed by atoms with E-state index in [-0.39, 0.29) is 18.2 Å². The topological polar surface area (TPSA) is 81.4 Å². The largest absolute Gasteiger partial charge is 0.461 e. The van der Waals surface area contributed by atoms with Gasteiger partial charge in [-0.3, -0.25) is 4.79 Å². The number of esters is 1. The molecule has 0 fully saturated rings. The zero-order chi connectivity index (χ0) is 16.7. The Bertz CT molecular complexity index is 724. The number of nitrogens with one attached hydrogen (secondary N) is 1. The monoisotopic (exact) mass is 310 g/mol. The van der Waals surface area contributed by atoms with Crippen LogP contribution in [0.3, 0.4) is 0 Å². The molecule has 0 bridgehead atoms. The van der Waals surface area contributed by atoms with Crippen LogP contribution in [0.15, 0.2) is 60.3 Å². The second-order valence-corrected chi connectivity index (χ2v) is 4.73. The second-order valence-electron chi connectivity index (χ2n) is 4.73. The van der Waals surface area contributed by atoms with Crippen molar-refractivity contribution in [2.75, 3.05) is 12.3 Å². The zero-order valence-electron chi connectivity index (χ0n) is 12.8. The van der Waals surface area contributed by atoms with E-state index in [9.17, 15) is 9.59 Å². The molecule has 0 heterocycles. The Morgan fingerprint density at radius 2 is 1.74 bits per heavy atom. The molecule has 0 unspecified atom stereocenters. The number of benzene rings is 2. The zero-order valence-corrected chi connectivity index (χ0v) is 12.8. The molecule has 118 valence electrons. The summed E-state index contributed by atoms with van der Waals surface area (Å²) in [4.78, 5) is 24.3. The molecule has 2 aromatic rings. The summed E-state index contributed by atoms with van der Waals surface area (Å²) in [6.07, 6.45) is 1.51. The van der Waals surface area contributed by atoms with Crippen molar-refractivity contribution < 1.29 is 14.3 Å². The minimum absolute atomic E-state index is 0.0404. The van der Waals surface area contributed by atoms with Crippen LogP contribution in [0.2, 0.25) is 0 Å². The van der Waals surface area contributed by atoms with Crippen LogP contribution in [0.1, 0.15) is 22.8 Å². The van der Waals surface area contributed by atoms with Gasteiger partial charge in [-0.1, -0.05) is 36.4 Å². The van der Waals surface area contributed by atoms with Gasteiger partial charge in [0.05, 0.1) is 6.61 Å². The highest BCUT2D eigenvalue weighted by atomic mass is 16.5. The van der Waals surface area contributed by atoms with Gasteiger partial charge in [0, 0.05) is 11.3 Å². The van der Waals surface area contributed by atoms with Crippen LogP contribution in [0.5, 0.6) is 0 Å². The van der Waals surface area contributed by atoms with Gasteiger partial charge in [0.2, 0.25) is 0 Å². The van der Waals surface area contributed by atoms with Gasteiger partial charge in [0.1, 0.15) is 5.70 Å². The van der Waals surface area contributed by atoms with Crippen LogP contribution >= 0.6 is 0 Å². The lowest BCUT2D eigenvalue weighted by atomic mass is 10.1. The number of hydrogen-bond acceptors (Lipinski definition) is 4. The van der Waals surface area contributed by atoms with E-state index in [2.05, 4.69) is 5.32 Å². The first-order valence-corrected chi connectivity index (χ1v) is 7.21. The summed E-state index contributed by atoms with van der Waals surface area (Å²) in [5.74, 6) is -1.00. The van der Waals surface area contributed by atoms with Crippen molar-refractivity contribution in [2.24, 2.45) is 0 Å². The van der Waals surface area contributed by atoms with E-state index >= 15 is 0 Å². The lowest BCUT2D eigenvalue weighted by Crippen LogP contribution is -2.28. The molecular formula is C18H18N2O3. The first-order chi connectivity index (χ1) is 11.1. The Balaban J connectivity index is 2.30. The fourth-order valence-corrected chi connectivity index (χ4v) is 1.94. The van der Waals surface area contributed by atoms with Crippen LogP contribution in [-0.4, -0.2) is 18.5 Å². The van der Waals surface area contributed by atoms with Crippen LogP contribution < -0.4 is 11.1 Å². The third-order valence-electron chi connectivity index (χ3n) is 3.08. The number of para-hydroxylation sites is 1. The van der Waals surface area contributed by atoms with Gasteiger partial charge < -0.3 is 15.8 Å². The van der Waals surface area contributed by atoms with Gasteiger partial charge >= 0.3 is 5.97 Å². The number of hydrogen-bond donors (Lipinski definition) is 2. The highest BCUT2D eigenvalue weighted by molar-refractivity contribution is 6.03. The normalized spacial score (nSPS) is 10.9. The van der Waals surface area contributed by atoms with E-state index in [0.717, 1.165) is 0 Å². The van der Waals surface area contributed by atoms with Gasteiger partial charge in [0.15, 0.2) is 0 Å². The number of ether oxygens (including phenoxy) is 1. The Morgan fingerprint density at radius 1 is 1.09 bits per heavy atom. The van der Waals surface area contributed by atoms with E-state index < -0.39 is 5.97 Å². The van der Waals surface area contributed by atoms with E-state index in [1.54, 1.807) is 55.5 Å². The highest BCUT2D eigenvalue weighted by Crippen LogP contribution is 2.15. The van der Waals surface area contributed by atoms with Crippen molar-refractivity contribution in [3.63, 3.8) is 0 Å². The van der Waals surface area contributed by atoms with Crippen molar-refractivity contribution in [3.05, 3.63) is 71.4 Å². The maximum absolute atomic E-state index is 12.2. The van der Waals surface area contributed by atoms with Gasteiger partial charge in [-0.25, -0.2) is 4.79 Å². The average molecular weight is 310 g/mol. The maximum Gasteiger partial charge on any atom is 0.354 e. The van der Waals surface area contributed by atoms with Gasteiger partial charge in [-0.05, 0) is 36.8 Å². The standard InChI is InChI=1S/C18H18N2O3/c1-2-23-18(22)16(12-14-10-6-7-11-15(14)19)20-17(21)13-8-4-3-5-9-13/h3-12H,2,19H2,1H3,(H,20,21)/b16-12+. The molecule has 1 amide bonds. The Morgan fingerprint density at radius 3 is 2.39 bits per heavy atom. The predicted octanol–water partition coefficient (Wildman–Crippen LogP) is 2.60. The van der Waals surface area contributed by atoms with Crippen molar-refractivity contribution in [3.8, 4) is 0 Å². The third kappa shape index (κ3) is 4.44. The lowest BCUT2D eigenvalue weighted by molar-refractivity contribution is -0.138. The fraction of sp³-hybridized carbons (Fsp3) is 0.111. The summed E-state index contributed by atoms with van der Waals surface area (Å²) >= 11 is 0. The van der Waals surface area contributed by atoms with E-state index in [1.165, 1.54) is 6.08 Å². The molecule has 2 aromatic carbocycles. The molecular weight excluding hydrogens is 292 g/mol. The van der Waals surface area contributed by atoms with Crippen LogP contribution in [0, 0.1) is 0 Å². The number of nitrogens with two attached hydrogens (primary N) is 1. The fourth-order valence-electron chi connectivity index (χ4n) is 1.94. The molecule has 5 nitrogen and oxygen atoms in total. The number of nitrogen functional groups attached to an aromatic ring is 1. The summed E-state index contributed by atoms with van der Waals surface area (Å²) in [5.41, 5.74) is 7.50. The first-order valence-electron chi connectivity index (χ1n) is 7.21. The number of amides is 1. The predicted molar refractivity (Wildman–Crippen MR) is 89.4 cm³/mol. The van der Waals surface area contributed by atoms with Crippen molar-refractivity contribution >= 4 is 23.6 Å². The summed E-state index contributed by atoms with van der Waals surface area (Å²) in [7, 11) is 0. The van der Waals surface area contributed by atoms with E-state index in [1.807, 2.05) is 6.07 Å². The smallest absolute Gasteiger partial charge is 0.354 e. The molecule has 0 aliphatic rings. The van der Waals surface area contributed by atoms with E-state index in [0.29, 0.717) is 16.8 Å². The molecule has 0 saturated heterocycles. The van der Waals surface area contributed by atoms with Crippen molar-refractivity contribution in [1.29, 1.82) is 0 Å². The molecule has 5 heteroatoms. The average Bonchev–Trinajstić information content (AvgIpc) is 2.57. The quantitative estimate of drug-likeness (QED) is 0.505. The summed E-state index contributed by atoms with van der Waals surface area (Å²) in [5, 5.41) is 2.59. The van der Waals surface area contributed by atoms with Crippen molar-refractivity contribution in [1.82, 2.24) is 5.32 Å². The van der Waals surface area contributed by atoms with Gasteiger partial charge in [-0.2, -0.15) is 0 Å². The molecule has 3 N–H and O–H groups in total.